The van der Waals surface area contributed by atoms with Crippen LogP contribution >= 0.6 is 22.6 Å². The predicted octanol–water partition coefficient (Wildman–Crippen LogP) is 2.11. The van der Waals surface area contributed by atoms with Gasteiger partial charge in [-0.25, -0.2) is 0 Å². The highest BCUT2D eigenvalue weighted by molar-refractivity contribution is 14.1. The van der Waals surface area contributed by atoms with E-state index in [4.69, 9.17) is 0 Å². The number of aryl methyl sites for hydroxylation is 1. The number of aliphatic hydroxyl groups excluding tert-OH is 1. The Morgan fingerprint density at radius 1 is 1.33 bits per heavy atom. The number of benzene rings is 1. The van der Waals surface area contributed by atoms with Crippen LogP contribution in [0.5, 0.6) is 0 Å². The maximum absolute atomic E-state index is 10.1. The van der Waals surface area contributed by atoms with Crippen LogP contribution in [0.15, 0.2) is 36.5 Å². The molecule has 0 fully saturated rings. The van der Waals surface area contributed by atoms with Crippen LogP contribution in [0.4, 0.5) is 0 Å². The van der Waals surface area contributed by atoms with Crippen molar-refractivity contribution >= 4 is 22.6 Å². The molecule has 1 heterocycles. The van der Waals surface area contributed by atoms with E-state index in [9.17, 15) is 5.11 Å². The molecule has 0 radical (unpaired) electrons. The third kappa shape index (κ3) is 2.21. The number of aromatic nitrogens is 2. The van der Waals surface area contributed by atoms with Crippen LogP contribution in [0.1, 0.15) is 17.4 Å². The summed E-state index contributed by atoms with van der Waals surface area (Å²) in [6.07, 6.45) is 1.19. The summed E-state index contributed by atoms with van der Waals surface area (Å²) in [4.78, 5) is 0. The molecule has 15 heavy (non-hydrogen) atoms. The highest BCUT2D eigenvalue weighted by Gasteiger charge is 2.15. The van der Waals surface area contributed by atoms with Gasteiger partial charge in [0.25, 0.3) is 0 Å². The Kier molecular flexibility index (Phi) is 3.06. The molecule has 1 aromatic carbocycles. The fourth-order valence-corrected chi connectivity index (χ4v) is 2.12. The van der Waals surface area contributed by atoms with Gasteiger partial charge in [0.1, 0.15) is 6.10 Å². The van der Waals surface area contributed by atoms with Gasteiger partial charge in [0.05, 0.1) is 5.69 Å². The van der Waals surface area contributed by atoms with Crippen molar-refractivity contribution in [2.75, 3.05) is 0 Å². The lowest BCUT2D eigenvalue weighted by Crippen LogP contribution is -2.03. The highest BCUT2D eigenvalue weighted by atomic mass is 127. The Labute approximate surface area is 102 Å². The fourth-order valence-electron chi connectivity index (χ4n) is 1.44. The summed E-state index contributed by atoms with van der Waals surface area (Å²) < 4.78 is 2.74. The third-order valence-electron chi connectivity index (χ3n) is 2.21. The molecule has 0 aliphatic carbocycles. The molecular weight excluding hydrogens is 303 g/mol. The lowest BCUT2D eigenvalue weighted by atomic mass is 10.1. The summed E-state index contributed by atoms with van der Waals surface area (Å²) in [5.41, 5.74) is 1.58. The predicted molar refractivity (Wildman–Crippen MR) is 66.4 cm³/mol. The zero-order chi connectivity index (χ0) is 10.8. The first-order valence-corrected chi connectivity index (χ1v) is 5.68. The first-order valence-electron chi connectivity index (χ1n) is 4.60. The molecule has 2 aromatic rings. The highest BCUT2D eigenvalue weighted by Crippen LogP contribution is 2.24. The second kappa shape index (κ2) is 4.32. The SMILES string of the molecule is Cn1ccc(C(O)c2ccccc2I)n1. The van der Waals surface area contributed by atoms with E-state index in [1.807, 2.05) is 43.6 Å². The van der Waals surface area contributed by atoms with Gasteiger partial charge >= 0.3 is 0 Å². The average molecular weight is 314 g/mol. The molecule has 0 saturated heterocycles. The van der Waals surface area contributed by atoms with E-state index in [1.165, 1.54) is 0 Å². The number of hydrogen-bond donors (Lipinski definition) is 1. The van der Waals surface area contributed by atoms with E-state index in [0.717, 1.165) is 9.13 Å². The summed E-state index contributed by atoms with van der Waals surface area (Å²) in [6.45, 7) is 0. The molecule has 0 aliphatic rings. The lowest BCUT2D eigenvalue weighted by Gasteiger charge is -2.09. The molecule has 0 spiro atoms. The molecule has 2 rings (SSSR count). The topological polar surface area (TPSA) is 38.0 Å². The van der Waals surface area contributed by atoms with Crippen LogP contribution in [0.2, 0.25) is 0 Å². The monoisotopic (exact) mass is 314 g/mol. The maximum atomic E-state index is 10.1. The van der Waals surface area contributed by atoms with Gasteiger partial charge in [-0.3, -0.25) is 4.68 Å². The van der Waals surface area contributed by atoms with Gasteiger partial charge in [-0.15, -0.1) is 0 Å². The Hall–Kier alpha value is -0.880. The number of halogens is 1. The molecule has 3 nitrogen and oxygen atoms in total. The summed E-state index contributed by atoms with van der Waals surface area (Å²) >= 11 is 2.21. The van der Waals surface area contributed by atoms with Crippen LogP contribution in [0.25, 0.3) is 0 Å². The average Bonchev–Trinajstić information content (AvgIpc) is 2.65. The van der Waals surface area contributed by atoms with Gasteiger partial charge in [-0.2, -0.15) is 5.10 Å². The normalized spacial score (nSPS) is 12.7. The lowest BCUT2D eigenvalue weighted by molar-refractivity contribution is 0.213. The van der Waals surface area contributed by atoms with Crippen LogP contribution in [-0.4, -0.2) is 14.9 Å². The van der Waals surface area contributed by atoms with Crippen LogP contribution in [-0.2, 0) is 7.05 Å². The minimum absolute atomic E-state index is 0.640. The molecule has 0 amide bonds. The van der Waals surface area contributed by atoms with Gasteiger partial charge in [0.15, 0.2) is 0 Å². The molecule has 4 heteroatoms. The quantitative estimate of drug-likeness (QED) is 0.862. The van der Waals surface area contributed by atoms with E-state index in [0.29, 0.717) is 5.69 Å². The standard InChI is InChI=1S/C11H11IN2O/c1-14-7-6-10(13-14)11(15)8-4-2-3-5-9(8)12/h2-7,11,15H,1H3. The molecular formula is C11H11IN2O. The Bertz CT molecular complexity index is 467. The molecule has 0 saturated carbocycles. The number of rotatable bonds is 2. The van der Waals surface area contributed by atoms with Crippen LogP contribution < -0.4 is 0 Å². The Balaban J connectivity index is 2.36. The molecule has 1 N–H and O–H groups in total. The van der Waals surface area contributed by atoms with Gasteiger partial charge in [-0.1, -0.05) is 18.2 Å². The smallest absolute Gasteiger partial charge is 0.124 e. The summed E-state index contributed by atoms with van der Waals surface area (Å²) in [5.74, 6) is 0. The minimum atomic E-state index is -0.640. The Morgan fingerprint density at radius 2 is 2.07 bits per heavy atom. The molecule has 1 unspecified atom stereocenters. The number of nitrogens with zero attached hydrogens (tertiary/aromatic N) is 2. The Morgan fingerprint density at radius 3 is 2.67 bits per heavy atom. The van der Waals surface area contributed by atoms with Crippen molar-refractivity contribution in [1.82, 2.24) is 9.78 Å². The van der Waals surface area contributed by atoms with E-state index in [1.54, 1.807) is 4.68 Å². The second-order valence-electron chi connectivity index (χ2n) is 3.34. The minimum Gasteiger partial charge on any atom is -0.382 e. The molecule has 1 atom stereocenters. The first kappa shape index (κ1) is 10.6. The van der Waals surface area contributed by atoms with Crippen molar-refractivity contribution in [3.8, 4) is 0 Å². The van der Waals surface area contributed by atoms with Gasteiger partial charge < -0.3 is 5.11 Å². The zero-order valence-corrected chi connectivity index (χ0v) is 10.4. The van der Waals surface area contributed by atoms with Gasteiger partial charge in [0.2, 0.25) is 0 Å². The number of aliphatic hydroxyl groups is 1. The van der Waals surface area contributed by atoms with Crippen molar-refractivity contribution in [2.45, 2.75) is 6.10 Å². The molecule has 78 valence electrons. The summed E-state index contributed by atoms with van der Waals surface area (Å²) in [5, 5.41) is 14.3. The van der Waals surface area contributed by atoms with Crippen molar-refractivity contribution in [2.24, 2.45) is 7.05 Å². The van der Waals surface area contributed by atoms with Crippen molar-refractivity contribution in [1.29, 1.82) is 0 Å². The summed E-state index contributed by atoms with van der Waals surface area (Å²) in [7, 11) is 1.84. The van der Waals surface area contributed by atoms with E-state index in [-0.39, 0.29) is 0 Å². The number of hydrogen-bond acceptors (Lipinski definition) is 2. The van der Waals surface area contributed by atoms with E-state index >= 15 is 0 Å². The first-order chi connectivity index (χ1) is 7.18. The van der Waals surface area contributed by atoms with Crippen LogP contribution in [0.3, 0.4) is 0 Å². The van der Waals surface area contributed by atoms with Gasteiger partial charge in [0, 0.05) is 16.8 Å². The van der Waals surface area contributed by atoms with E-state index in [2.05, 4.69) is 27.7 Å². The maximum Gasteiger partial charge on any atom is 0.124 e. The molecule has 0 bridgehead atoms. The third-order valence-corrected chi connectivity index (χ3v) is 3.20. The van der Waals surface area contributed by atoms with Crippen LogP contribution in [0, 0.1) is 3.57 Å². The van der Waals surface area contributed by atoms with E-state index < -0.39 is 6.10 Å². The van der Waals surface area contributed by atoms with Crippen molar-refractivity contribution in [3.63, 3.8) is 0 Å². The summed E-state index contributed by atoms with van der Waals surface area (Å²) in [6, 6.07) is 9.59. The van der Waals surface area contributed by atoms with Crippen molar-refractivity contribution < 1.29 is 5.11 Å². The fraction of sp³-hybridized carbons (Fsp3) is 0.182. The zero-order valence-electron chi connectivity index (χ0n) is 8.26. The van der Waals surface area contributed by atoms with Gasteiger partial charge in [-0.05, 0) is 40.3 Å². The molecule has 0 aliphatic heterocycles. The second-order valence-corrected chi connectivity index (χ2v) is 4.50. The largest absolute Gasteiger partial charge is 0.382 e. The molecule has 1 aromatic heterocycles. The van der Waals surface area contributed by atoms with Crippen molar-refractivity contribution in [3.05, 3.63) is 51.4 Å².